The lowest BCUT2D eigenvalue weighted by Crippen LogP contribution is -2.43. The summed E-state index contributed by atoms with van der Waals surface area (Å²) in [5, 5.41) is 3.52. The molecule has 1 aromatic rings. The lowest BCUT2D eigenvalue weighted by atomic mass is 9.78. The minimum absolute atomic E-state index is 0.0227. The van der Waals surface area contributed by atoms with Crippen molar-refractivity contribution < 1.29 is 0 Å². The summed E-state index contributed by atoms with van der Waals surface area (Å²) in [7, 11) is 0. The molecule has 1 aliphatic rings. The largest absolute Gasteiger partial charge is 0.363 e. The number of hydrogen-bond acceptors (Lipinski definition) is 3. The van der Waals surface area contributed by atoms with Gasteiger partial charge in [0.15, 0.2) is 0 Å². The van der Waals surface area contributed by atoms with Crippen LogP contribution in [0.15, 0.2) is 12.4 Å². The van der Waals surface area contributed by atoms with Crippen molar-refractivity contribution in [3.8, 4) is 0 Å². The van der Waals surface area contributed by atoms with Crippen molar-refractivity contribution in [3.63, 3.8) is 0 Å². The van der Waals surface area contributed by atoms with Gasteiger partial charge in [-0.25, -0.2) is 9.97 Å². The van der Waals surface area contributed by atoms with Gasteiger partial charge >= 0.3 is 0 Å². The maximum absolute atomic E-state index is 6.17. The Labute approximate surface area is 108 Å². The predicted molar refractivity (Wildman–Crippen MR) is 71.5 cm³/mol. The molecule has 0 aromatic carbocycles. The van der Waals surface area contributed by atoms with E-state index >= 15 is 0 Å². The predicted octanol–water partition coefficient (Wildman–Crippen LogP) is 3.38. The number of aromatic nitrogens is 2. The van der Waals surface area contributed by atoms with Crippen LogP contribution in [0.5, 0.6) is 0 Å². The smallest absolute Gasteiger partial charge is 0.130 e. The Morgan fingerprint density at radius 3 is 2.71 bits per heavy atom. The van der Waals surface area contributed by atoms with Crippen LogP contribution in [0.3, 0.4) is 0 Å². The van der Waals surface area contributed by atoms with Crippen molar-refractivity contribution in [1.82, 2.24) is 9.97 Å². The normalized spacial score (nSPS) is 29.0. The van der Waals surface area contributed by atoms with Gasteiger partial charge < -0.3 is 5.32 Å². The molecule has 0 radical (unpaired) electrons. The van der Waals surface area contributed by atoms with Gasteiger partial charge in [0, 0.05) is 17.6 Å². The first-order chi connectivity index (χ1) is 8.13. The molecule has 0 saturated heterocycles. The molecule has 0 bridgehead atoms. The monoisotopic (exact) mass is 253 g/mol. The van der Waals surface area contributed by atoms with E-state index < -0.39 is 0 Å². The highest BCUT2D eigenvalue weighted by atomic mass is 35.5. The van der Waals surface area contributed by atoms with E-state index in [9.17, 15) is 0 Å². The highest BCUT2D eigenvalue weighted by molar-refractivity contribution is 6.18. The quantitative estimate of drug-likeness (QED) is 0.840. The topological polar surface area (TPSA) is 37.8 Å². The first kappa shape index (κ1) is 12.6. The zero-order valence-corrected chi connectivity index (χ0v) is 11.3. The van der Waals surface area contributed by atoms with Crippen LogP contribution in [-0.2, 0) is 0 Å². The Balaban J connectivity index is 2.09. The zero-order valence-electron chi connectivity index (χ0n) is 10.5. The van der Waals surface area contributed by atoms with Crippen LogP contribution >= 0.6 is 11.6 Å². The standard InChI is InChI=1S/C13H20ClN3/c1-10-3-5-13(8-14,6-4-10)17-12-7-11(2)15-9-16-12/h7,9-10H,3-6,8H2,1-2H3,(H,15,16,17). The molecule has 1 heterocycles. The van der Waals surface area contributed by atoms with Crippen LogP contribution in [0.1, 0.15) is 38.3 Å². The zero-order chi connectivity index (χ0) is 12.3. The molecule has 2 rings (SSSR count). The molecule has 17 heavy (non-hydrogen) atoms. The van der Waals surface area contributed by atoms with Gasteiger partial charge in [0.2, 0.25) is 0 Å². The molecule has 94 valence electrons. The summed E-state index contributed by atoms with van der Waals surface area (Å²) in [5.41, 5.74) is 1.01. The Morgan fingerprint density at radius 1 is 1.41 bits per heavy atom. The first-order valence-corrected chi connectivity index (χ1v) is 6.80. The summed E-state index contributed by atoms with van der Waals surface area (Å²) in [4.78, 5) is 8.37. The van der Waals surface area contributed by atoms with E-state index in [1.54, 1.807) is 6.33 Å². The lowest BCUT2D eigenvalue weighted by molar-refractivity contribution is 0.286. The molecule has 1 saturated carbocycles. The van der Waals surface area contributed by atoms with Crippen molar-refractivity contribution in [2.45, 2.75) is 45.1 Å². The van der Waals surface area contributed by atoms with Gasteiger partial charge in [0.1, 0.15) is 12.1 Å². The Hall–Kier alpha value is -0.830. The molecule has 3 nitrogen and oxygen atoms in total. The van der Waals surface area contributed by atoms with Gasteiger partial charge in [-0.15, -0.1) is 11.6 Å². The summed E-state index contributed by atoms with van der Waals surface area (Å²) >= 11 is 6.17. The molecule has 4 heteroatoms. The highest BCUT2D eigenvalue weighted by Crippen LogP contribution is 2.35. The van der Waals surface area contributed by atoms with E-state index in [1.165, 1.54) is 12.8 Å². The summed E-state index contributed by atoms with van der Waals surface area (Å²) in [6, 6.07) is 1.98. The molecular formula is C13H20ClN3. The van der Waals surface area contributed by atoms with Crippen LogP contribution in [0, 0.1) is 12.8 Å². The first-order valence-electron chi connectivity index (χ1n) is 6.26. The number of nitrogens with one attached hydrogen (secondary N) is 1. The molecule has 0 unspecified atom stereocenters. The van der Waals surface area contributed by atoms with E-state index in [-0.39, 0.29) is 5.54 Å². The van der Waals surface area contributed by atoms with E-state index in [2.05, 4.69) is 22.2 Å². The minimum Gasteiger partial charge on any atom is -0.363 e. The molecule has 1 N–H and O–H groups in total. The molecule has 0 amide bonds. The second-order valence-electron chi connectivity index (χ2n) is 5.27. The van der Waals surface area contributed by atoms with Crippen molar-refractivity contribution in [1.29, 1.82) is 0 Å². The van der Waals surface area contributed by atoms with Gasteiger partial charge in [0.25, 0.3) is 0 Å². The summed E-state index contributed by atoms with van der Waals surface area (Å²) < 4.78 is 0. The molecular weight excluding hydrogens is 234 g/mol. The third-order valence-corrected chi connectivity index (χ3v) is 4.20. The van der Waals surface area contributed by atoms with Gasteiger partial charge in [-0.3, -0.25) is 0 Å². The fraction of sp³-hybridized carbons (Fsp3) is 0.692. The molecule has 0 aliphatic heterocycles. The second kappa shape index (κ2) is 5.21. The number of rotatable bonds is 3. The Kier molecular flexibility index (Phi) is 3.87. The van der Waals surface area contributed by atoms with E-state index in [0.29, 0.717) is 5.88 Å². The van der Waals surface area contributed by atoms with E-state index in [4.69, 9.17) is 11.6 Å². The maximum Gasteiger partial charge on any atom is 0.130 e. The molecule has 1 aromatic heterocycles. The van der Waals surface area contributed by atoms with Crippen molar-refractivity contribution in [2.75, 3.05) is 11.2 Å². The average Bonchev–Trinajstić information content (AvgIpc) is 2.33. The van der Waals surface area contributed by atoms with Crippen LogP contribution < -0.4 is 5.32 Å². The van der Waals surface area contributed by atoms with Crippen LogP contribution in [-0.4, -0.2) is 21.4 Å². The van der Waals surface area contributed by atoms with Gasteiger partial charge in [-0.05, 0) is 38.5 Å². The maximum atomic E-state index is 6.17. The fourth-order valence-electron chi connectivity index (χ4n) is 2.40. The van der Waals surface area contributed by atoms with Crippen molar-refractivity contribution in [2.24, 2.45) is 5.92 Å². The molecule has 1 fully saturated rings. The van der Waals surface area contributed by atoms with Crippen molar-refractivity contribution in [3.05, 3.63) is 18.1 Å². The third-order valence-electron chi connectivity index (χ3n) is 3.68. The number of anilines is 1. The van der Waals surface area contributed by atoms with Gasteiger partial charge in [-0.2, -0.15) is 0 Å². The SMILES string of the molecule is Cc1cc(NC2(CCl)CCC(C)CC2)ncn1. The molecule has 1 aliphatic carbocycles. The van der Waals surface area contributed by atoms with Gasteiger partial charge in [0.05, 0.1) is 5.54 Å². The number of hydrogen-bond donors (Lipinski definition) is 1. The fourth-order valence-corrected chi connectivity index (χ4v) is 2.74. The van der Waals surface area contributed by atoms with Crippen molar-refractivity contribution >= 4 is 17.4 Å². The number of aryl methyl sites for hydroxylation is 1. The summed E-state index contributed by atoms with van der Waals surface area (Å²) in [6.07, 6.45) is 6.33. The van der Waals surface area contributed by atoms with E-state index in [1.807, 2.05) is 13.0 Å². The van der Waals surface area contributed by atoms with Crippen LogP contribution in [0.25, 0.3) is 0 Å². The second-order valence-corrected chi connectivity index (χ2v) is 5.53. The lowest BCUT2D eigenvalue weighted by Gasteiger charge is -2.39. The third kappa shape index (κ3) is 3.09. The van der Waals surface area contributed by atoms with Crippen LogP contribution in [0.2, 0.25) is 0 Å². The minimum atomic E-state index is 0.0227. The van der Waals surface area contributed by atoms with Gasteiger partial charge in [-0.1, -0.05) is 6.92 Å². The summed E-state index contributed by atoms with van der Waals surface area (Å²) in [5.74, 6) is 2.36. The number of halogens is 1. The summed E-state index contributed by atoms with van der Waals surface area (Å²) in [6.45, 7) is 4.29. The number of alkyl halides is 1. The molecule has 0 spiro atoms. The average molecular weight is 254 g/mol. The molecule has 0 atom stereocenters. The Bertz CT molecular complexity index is 373. The van der Waals surface area contributed by atoms with Crippen LogP contribution in [0.4, 0.5) is 5.82 Å². The van der Waals surface area contributed by atoms with E-state index in [0.717, 1.165) is 30.3 Å². The Morgan fingerprint density at radius 2 is 2.12 bits per heavy atom. The number of nitrogens with zero attached hydrogens (tertiary/aromatic N) is 2. The highest BCUT2D eigenvalue weighted by Gasteiger charge is 2.33.